The van der Waals surface area contributed by atoms with Crippen molar-refractivity contribution in [2.75, 3.05) is 26.8 Å². The Hall–Kier alpha value is -2.04. The standard InChI is InChI=1S/C17H23NO4/c1-12-5-4-6-15(13(12)2)22-11-16(19)18-9-7-14(8-10-18)17(20)21-3/h4-6,14H,7-11H2,1-3H3. The van der Waals surface area contributed by atoms with Crippen molar-refractivity contribution in [3.63, 3.8) is 0 Å². The van der Waals surface area contributed by atoms with Crippen molar-refractivity contribution in [1.29, 1.82) is 0 Å². The maximum atomic E-state index is 12.2. The molecule has 1 fully saturated rings. The van der Waals surface area contributed by atoms with Gasteiger partial charge in [0, 0.05) is 13.1 Å². The molecule has 1 aliphatic heterocycles. The molecule has 0 saturated carbocycles. The SMILES string of the molecule is COC(=O)C1CCN(C(=O)COc2cccc(C)c2C)CC1. The van der Waals surface area contributed by atoms with E-state index < -0.39 is 0 Å². The lowest BCUT2D eigenvalue weighted by Crippen LogP contribution is -2.42. The number of carbonyl (C=O) groups excluding carboxylic acids is 2. The molecule has 0 radical (unpaired) electrons. The summed E-state index contributed by atoms with van der Waals surface area (Å²) >= 11 is 0. The fourth-order valence-electron chi connectivity index (χ4n) is 2.64. The molecule has 1 aliphatic rings. The second-order valence-electron chi connectivity index (χ2n) is 5.66. The van der Waals surface area contributed by atoms with E-state index in [0.29, 0.717) is 25.9 Å². The third kappa shape index (κ3) is 3.78. The molecule has 0 spiro atoms. The summed E-state index contributed by atoms with van der Waals surface area (Å²) in [7, 11) is 1.40. The largest absolute Gasteiger partial charge is 0.483 e. The van der Waals surface area contributed by atoms with Crippen molar-refractivity contribution in [3.05, 3.63) is 29.3 Å². The van der Waals surface area contributed by atoms with Gasteiger partial charge in [-0.3, -0.25) is 9.59 Å². The van der Waals surface area contributed by atoms with Gasteiger partial charge in [-0.25, -0.2) is 0 Å². The van der Waals surface area contributed by atoms with Crippen LogP contribution in [0.25, 0.3) is 0 Å². The van der Waals surface area contributed by atoms with Crippen LogP contribution in [0.3, 0.4) is 0 Å². The van der Waals surface area contributed by atoms with Crippen molar-refractivity contribution < 1.29 is 19.1 Å². The lowest BCUT2D eigenvalue weighted by Gasteiger charge is -2.30. The Kier molecular flexibility index (Phi) is 5.41. The minimum absolute atomic E-state index is 0.0349. The lowest BCUT2D eigenvalue weighted by atomic mass is 9.97. The first-order valence-electron chi connectivity index (χ1n) is 7.57. The second kappa shape index (κ2) is 7.29. The number of aryl methyl sites for hydroxylation is 1. The molecule has 2 rings (SSSR count). The summed E-state index contributed by atoms with van der Waals surface area (Å²) in [5.74, 6) is 0.440. The summed E-state index contributed by atoms with van der Waals surface area (Å²) in [5.41, 5.74) is 2.20. The molecule has 120 valence electrons. The van der Waals surface area contributed by atoms with Crippen LogP contribution in [0.5, 0.6) is 5.75 Å². The van der Waals surface area contributed by atoms with E-state index >= 15 is 0 Å². The van der Waals surface area contributed by atoms with Gasteiger partial charge < -0.3 is 14.4 Å². The smallest absolute Gasteiger partial charge is 0.308 e. The number of benzene rings is 1. The first-order valence-corrected chi connectivity index (χ1v) is 7.57. The van der Waals surface area contributed by atoms with E-state index in [0.717, 1.165) is 16.9 Å². The number of rotatable bonds is 4. The number of likely N-dealkylation sites (tertiary alicyclic amines) is 1. The highest BCUT2D eigenvalue weighted by Gasteiger charge is 2.27. The van der Waals surface area contributed by atoms with E-state index in [1.165, 1.54) is 7.11 Å². The van der Waals surface area contributed by atoms with Crippen LogP contribution in [0.15, 0.2) is 18.2 Å². The topological polar surface area (TPSA) is 55.8 Å². The molecule has 0 atom stereocenters. The number of hydrogen-bond donors (Lipinski definition) is 0. The second-order valence-corrected chi connectivity index (χ2v) is 5.66. The van der Waals surface area contributed by atoms with Crippen LogP contribution in [0, 0.1) is 19.8 Å². The summed E-state index contributed by atoms with van der Waals surface area (Å²) < 4.78 is 10.4. The summed E-state index contributed by atoms with van der Waals surface area (Å²) in [5, 5.41) is 0. The lowest BCUT2D eigenvalue weighted by molar-refractivity contribution is -0.149. The van der Waals surface area contributed by atoms with Gasteiger partial charge >= 0.3 is 5.97 Å². The van der Waals surface area contributed by atoms with Gasteiger partial charge in [0.25, 0.3) is 5.91 Å². The Morgan fingerprint density at radius 2 is 1.91 bits per heavy atom. The molecule has 1 saturated heterocycles. The van der Waals surface area contributed by atoms with Crippen molar-refractivity contribution in [2.24, 2.45) is 5.92 Å². The van der Waals surface area contributed by atoms with E-state index in [2.05, 4.69) is 0 Å². The average molecular weight is 305 g/mol. The number of ether oxygens (including phenoxy) is 2. The van der Waals surface area contributed by atoms with Gasteiger partial charge in [-0.1, -0.05) is 12.1 Å². The van der Waals surface area contributed by atoms with Crippen LogP contribution >= 0.6 is 0 Å². The molecule has 5 heteroatoms. The van der Waals surface area contributed by atoms with Crippen molar-refractivity contribution in [1.82, 2.24) is 4.90 Å². The zero-order chi connectivity index (χ0) is 16.1. The molecule has 0 N–H and O–H groups in total. The van der Waals surface area contributed by atoms with Gasteiger partial charge in [0.1, 0.15) is 5.75 Å². The predicted molar refractivity (Wildman–Crippen MR) is 82.7 cm³/mol. The number of amides is 1. The molecular formula is C17H23NO4. The van der Waals surface area contributed by atoms with Gasteiger partial charge in [-0.15, -0.1) is 0 Å². The number of carbonyl (C=O) groups is 2. The fraction of sp³-hybridized carbons (Fsp3) is 0.529. The molecule has 0 unspecified atom stereocenters. The molecule has 1 aromatic carbocycles. The van der Waals surface area contributed by atoms with Crippen LogP contribution in [0.4, 0.5) is 0 Å². The van der Waals surface area contributed by atoms with Crippen LogP contribution in [0.2, 0.25) is 0 Å². The number of piperidine rings is 1. The maximum Gasteiger partial charge on any atom is 0.308 e. The number of methoxy groups -OCH3 is 1. The molecule has 1 heterocycles. The first kappa shape index (κ1) is 16.3. The highest BCUT2D eigenvalue weighted by molar-refractivity contribution is 5.78. The predicted octanol–water partition coefficient (Wildman–Crippen LogP) is 2.09. The minimum Gasteiger partial charge on any atom is -0.483 e. The van der Waals surface area contributed by atoms with E-state index in [1.54, 1.807) is 4.90 Å². The fourth-order valence-corrected chi connectivity index (χ4v) is 2.64. The maximum absolute atomic E-state index is 12.2. The molecular weight excluding hydrogens is 282 g/mol. The highest BCUT2D eigenvalue weighted by atomic mass is 16.5. The Balaban J connectivity index is 1.84. The first-order chi connectivity index (χ1) is 10.5. The van der Waals surface area contributed by atoms with Crippen LogP contribution in [-0.4, -0.2) is 43.6 Å². The van der Waals surface area contributed by atoms with E-state index in [1.807, 2.05) is 32.0 Å². The van der Waals surface area contributed by atoms with Crippen molar-refractivity contribution >= 4 is 11.9 Å². The van der Waals surface area contributed by atoms with Gasteiger partial charge in [-0.05, 0) is 43.9 Å². The summed E-state index contributed by atoms with van der Waals surface area (Å²) in [6.45, 7) is 5.19. The number of hydrogen-bond acceptors (Lipinski definition) is 4. The van der Waals surface area contributed by atoms with E-state index in [-0.39, 0.29) is 24.4 Å². The normalized spacial score (nSPS) is 15.5. The molecule has 1 aromatic rings. The Morgan fingerprint density at radius 3 is 2.55 bits per heavy atom. The molecule has 0 aromatic heterocycles. The average Bonchev–Trinajstić information content (AvgIpc) is 2.55. The Labute approximate surface area is 131 Å². The minimum atomic E-state index is -0.182. The quantitative estimate of drug-likeness (QED) is 0.799. The summed E-state index contributed by atoms with van der Waals surface area (Å²) in [6, 6.07) is 5.81. The van der Waals surface area contributed by atoms with Gasteiger partial charge in [0.2, 0.25) is 0 Å². The van der Waals surface area contributed by atoms with Gasteiger partial charge in [0.05, 0.1) is 13.0 Å². The number of esters is 1. The number of nitrogens with zero attached hydrogens (tertiary/aromatic N) is 1. The molecule has 1 amide bonds. The molecule has 0 bridgehead atoms. The zero-order valence-corrected chi connectivity index (χ0v) is 13.4. The van der Waals surface area contributed by atoms with Crippen LogP contribution in [0.1, 0.15) is 24.0 Å². The highest BCUT2D eigenvalue weighted by Crippen LogP contribution is 2.21. The van der Waals surface area contributed by atoms with Crippen LogP contribution in [-0.2, 0) is 14.3 Å². The van der Waals surface area contributed by atoms with Crippen molar-refractivity contribution in [3.8, 4) is 5.75 Å². The molecule has 22 heavy (non-hydrogen) atoms. The van der Waals surface area contributed by atoms with Crippen LogP contribution < -0.4 is 4.74 Å². The summed E-state index contributed by atoms with van der Waals surface area (Å²) in [6.07, 6.45) is 1.31. The third-order valence-electron chi connectivity index (χ3n) is 4.29. The summed E-state index contributed by atoms with van der Waals surface area (Å²) in [4.78, 5) is 25.4. The van der Waals surface area contributed by atoms with Gasteiger partial charge in [-0.2, -0.15) is 0 Å². The Morgan fingerprint density at radius 1 is 1.23 bits per heavy atom. The van der Waals surface area contributed by atoms with E-state index in [4.69, 9.17) is 9.47 Å². The van der Waals surface area contributed by atoms with Gasteiger partial charge in [0.15, 0.2) is 6.61 Å². The molecule has 5 nitrogen and oxygen atoms in total. The van der Waals surface area contributed by atoms with E-state index in [9.17, 15) is 9.59 Å². The molecule has 0 aliphatic carbocycles. The third-order valence-corrected chi connectivity index (χ3v) is 4.29. The monoisotopic (exact) mass is 305 g/mol. The zero-order valence-electron chi connectivity index (χ0n) is 13.4. The Bertz CT molecular complexity index is 548. The van der Waals surface area contributed by atoms with Crippen molar-refractivity contribution in [2.45, 2.75) is 26.7 Å².